The van der Waals surface area contributed by atoms with E-state index in [-0.39, 0.29) is 6.03 Å². The highest BCUT2D eigenvalue weighted by Gasteiger charge is 2.29. The Morgan fingerprint density at radius 2 is 2.12 bits per heavy atom. The number of nitrogens with one attached hydrogen (secondary N) is 1. The molecule has 2 fully saturated rings. The first-order valence-corrected chi connectivity index (χ1v) is 10.0. The van der Waals surface area contributed by atoms with Crippen molar-refractivity contribution >= 4 is 17.6 Å². The predicted octanol–water partition coefficient (Wildman–Crippen LogP) is 3.88. The number of amides is 2. The normalized spacial score (nSPS) is 21.5. The molecule has 2 aliphatic rings. The van der Waals surface area contributed by atoms with E-state index in [9.17, 15) is 4.79 Å². The summed E-state index contributed by atoms with van der Waals surface area (Å²) in [5.74, 6) is 1.35. The summed E-state index contributed by atoms with van der Waals surface area (Å²) in [6.07, 6.45) is 6.85. The summed E-state index contributed by atoms with van der Waals surface area (Å²) < 4.78 is 11.1. The average Bonchev–Trinajstić information content (AvgIpc) is 2.70. The van der Waals surface area contributed by atoms with E-state index < -0.39 is 0 Å². The SMILES string of the molecule is COc1ccc(CCNC(=O)N2CCC(C3CCCCO3)CC2)c(Cl)c1. The molecule has 1 N–H and O–H groups in total. The van der Waals surface area contributed by atoms with Gasteiger partial charge in [-0.3, -0.25) is 0 Å². The van der Waals surface area contributed by atoms with Crippen molar-refractivity contribution in [3.05, 3.63) is 28.8 Å². The number of ether oxygens (including phenoxy) is 2. The Bertz CT molecular complexity index is 597. The van der Waals surface area contributed by atoms with Crippen LogP contribution in [0.2, 0.25) is 5.02 Å². The molecule has 2 heterocycles. The lowest BCUT2D eigenvalue weighted by Gasteiger charge is -2.37. The number of rotatable bonds is 5. The molecule has 0 radical (unpaired) electrons. The molecule has 5 nitrogen and oxygen atoms in total. The molecule has 1 atom stereocenters. The Labute approximate surface area is 161 Å². The monoisotopic (exact) mass is 380 g/mol. The van der Waals surface area contributed by atoms with Crippen molar-refractivity contribution in [2.75, 3.05) is 33.4 Å². The molecule has 2 aliphatic heterocycles. The minimum atomic E-state index is 0.0256. The molecule has 2 saturated heterocycles. The van der Waals surface area contributed by atoms with Crippen LogP contribution in [0.1, 0.15) is 37.7 Å². The van der Waals surface area contributed by atoms with Crippen LogP contribution in [0, 0.1) is 5.92 Å². The van der Waals surface area contributed by atoms with Gasteiger partial charge in [0.2, 0.25) is 0 Å². The van der Waals surface area contributed by atoms with Crippen LogP contribution < -0.4 is 10.1 Å². The van der Waals surface area contributed by atoms with Gasteiger partial charge in [0.1, 0.15) is 5.75 Å². The smallest absolute Gasteiger partial charge is 0.317 e. The lowest BCUT2D eigenvalue weighted by atomic mass is 9.87. The Balaban J connectivity index is 1.39. The van der Waals surface area contributed by atoms with Crippen molar-refractivity contribution in [3.8, 4) is 5.75 Å². The zero-order chi connectivity index (χ0) is 18.4. The third kappa shape index (κ3) is 5.04. The van der Waals surface area contributed by atoms with Gasteiger partial charge in [0.15, 0.2) is 0 Å². The van der Waals surface area contributed by atoms with E-state index in [0.717, 1.165) is 43.9 Å². The molecule has 0 aromatic heterocycles. The number of likely N-dealkylation sites (tertiary alicyclic amines) is 1. The number of methoxy groups -OCH3 is 1. The van der Waals surface area contributed by atoms with E-state index in [0.29, 0.717) is 30.0 Å². The zero-order valence-corrected chi connectivity index (χ0v) is 16.3. The summed E-state index contributed by atoms with van der Waals surface area (Å²) in [5.41, 5.74) is 1.01. The van der Waals surface area contributed by atoms with E-state index >= 15 is 0 Å². The average molecular weight is 381 g/mol. The van der Waals surface area contributed by atoms with Crippen LogP contribution >= 0.6 is 11.6 Å². The Morgan fingerprint density at radius 3 is 2.77 bits per heavy atom. The third-order valence-corrected chi connectivity index (χ3v) is 5.85. The summed E-state index contributed by atoms with van der Waals surface area (Å²) in [5, 5.41) is 3.69. The van der Waals surface area contributed by atoms with Crippen molar-refractivity contribution in [2.45, 2.75) is 44.6 Å². The standard InChI is InChI=1S/C20H29ClN2O3/c1-25-17-6-5-15(18(21)14-17)7-10-22-20(24)23-11-8-16(9-12-23)19-4-2-3-13-26-19/h5-6,14,16,19H,2-4,7-13H2,1H3,(H,22,24). The Kier molecular flexibility index (Phi) is 7.03. The second-order valence-corrected chi connectivity index (χ2v) is 7.58. The lowest BCUT2D eigenvalue weighted by molar-refractivity contribution is -0.0348. The first-order valence-electron chi connectivity index (χ1n) is 9.64. The van der Waals surface area contributed by atoms with Crippen molar-refractivity contribution in [1.82, 2.24) is 10.2 Å². The number of halogens is 1. The van der Waals surface area contributed by atoms with Crippen LogP contribution in [0.4, 0.5) is 4.79 Å². The first kappa shape index (κ1) is 19.3. The third-order valence-electron chi connectivity index (χ3n) is 5.50. The molecule has 1 aromatic rings. The van der Waals surface area contributed by atoms with Crippen molar-refractivity contribution in [2.24, 2.45) is 5.92 Å². The molecular formula is C20H29ClN2O3. The van der Waals surface area contributed by atoms with Crippen LogP contribution in [-0.2, 0) is 11.2 Å². The number of carbonyl (C=O) groups is 1. The van der Waals surface area contributed by atoms with E-state index in [1.165, 1.54) is 19.3 Å². The molecule has 1 aromatic carbocycles. The summed E-state index contributed by atoms with van der Waals surface area (Å²) in [4.78, 5) is 14.3. The molecule has 0 spiro atoms. The number of urea groups is 1. The number of benzene rings is 1. The maximum absolute atomic E-state index is 12.4. The molecular weight excluding hydrogens is 352 g/mol. The van der Waals surface area contributed by atoms with Gasteiger partial charge in [-0.1, -0.05) is 17.7 Å². The van der Waals surface area contributed by atoms with Crippen LogP contribution in [0.5, 0.6) is 5.75 Å². The maximum Gasteiger partial charge on any atom is 0.317 e. The van der Waals surface area contributed by atoms with Gasteiger partial charge in [-0.05, 0) is 62.1 Å². The number of nitrogens with zero attached hydrogens (tertiary/aromatic N) is 1. The van der Waals surface area contributed by atoms with Crippen LogP contribution in [0.3, 0.4) is 0 Å². The first-order chi connectivity index (χ1) is 12.7. The Morgan fingerprint density at radius 1 is 1.31 bits per heavy atom. The largest absolute Gasteiger partial charge is 0.497 e. The quantitative estimate of drug-likeness (QED) is 0.843. The fraction of sp³-hybridized carbons (Fsp3) is 0.650. The fourth-order valence-corrected chi connectivity index (χ4v) is 4.15. The van der Waals surface area contributed by atoms with E-state index in [1.54, 1.807) is 13.2 Å². The highest BCUT2D eigenvalue weighted by Crippen LogP contribution is 2.28. The minimum Gasteiger partial charge on any atom is -0.497 e. The molecule has 144 valence electrons. The molecule has 1 unspecified atom stereocenters. The van der Waals surface area contributed by atoms with Gasteiger partial charge in [-0.25, -0.2) is 4.79 Å². The maximum atomic E-state index is 12.4. The van der Waals surface area contributed by atoms with Crippen molar-refractivity contribution in [3.63, 3.8) is 0 Å². The number of carbonyl (C=O) groups excluding carboxylic acids is 1. The van der Waals surface area contributed by atoms with Crippen molar-refractivity contribution in [1.29, 1.82) is 0 Å². The summed E-state index contributed by atoms with van der Waals surface area (Å²) in [6.45, 7) is 3.12. The highest BCUT2D eigenvalue weighted by molar-refractivity contribution is 6.31. The van der Waals surface area contributed by atoms with E-state index in [1.807, 2.05) is 17.0 Å². The topological polar surface area (TPSA) is 50.8 Å². The van der Waals surface area contributed by atoms with Gasteiger partial charge in [0.25, 0.3) is 0 Å². The second-order valence-electron chi connectivity index (χ2n) is 7.17. The van der Waals surface area contributed by atoms with Gasteiger partial charge in [-0.15, -0.1) is 0 Å². The number of hydrogen-bond donors (Lipinski definition) is 1. The molecule has 3 rings (SSSR count). The number of piperidine rings is 1. The van der Waals surface area contributed by atoms with Gasteiger partial charge in [-0.2, -0.15) is 0 Å². The molecule has 0 saturated carbocycles. The second kappa shape index (κ2) is 9.47. The minimum absolute atomic E-state index is 0.0256. The van der Waals surface area contributed by atoms with Gasteiger partial charge in [0, 0.05) is 31.3 Å². The predicted molar refractivity (Wildman–Crippen MR) is 103 cm³/mol. The molecule has 0 bridgehead atoms. The van der Waals surface area contributed by atoms with Gasteiger partial charge in [0.05, 0.1) is 13.2 Å². The highest BCUT2D eigenvalue weighted by atomic mass is 35.5. The van der Waals surface area contributed by atoms with Crippen LogP contribution in [-0.4, -0.2) is 50.4 Å². The molecule has 0 aliphatic carbocycles. The van der Waals surface area contributed by atoms with Crippen LogP contribution in [0.15, 0.2) is 18.2 Å². The van der Waals surface area contributed by atoms with Gasteiger partial charge < -0.3 is 19.7 Å². The summed E-state index contributed by atoms with van der Waals surface area (Å²) in [6, 6.07) is 5.67. The molecule has 6 heteroatoms. The molecule has 2 amide bonds. The van der Waals surface area contributed by atoms with E-state index in [4.69, 9.17) is 21.1 Å². The van der Waals surface area contributed by atoms with Crippen molar-refractivity contribution < 1.29 is 14.3 Å². The summed E-state index contributed by atoms with van der Waals surface area (Å²) >= 11 is 6.25. The zero-order valence-electron chi connectivity index (χ0n) is 15.5. The molecule has 26 heavy (non-hydrogen) atoms. The Hall–Kier alpha value is -1.46. The van der Waals surface area contributed by atoms with Crippen LogP contribution in [0.25, 0.3) is 0 Å². The lowest BCUT2D eigenvalue weighted by Crippen LogP contribution is -2.47. The van der Waals surface area contributed by atoms with Gasteiger partial charge >= 0.3 is 6.03 Å². The van der Waals surface area contributed by atoms with E-state index in [2.05, 4.69) is 5.32 Å². The fourth-order valence-electron chi connectivity index (χ4n) is 3.89. The number of hydrogen-bond acceptors (Lipinski definition) is 3. The summed E-state index contributed by atoms with van der Waals surface area (Å²) in [7, 11) is 1.62.